The second-order valence-corrected chi connectivity index (χ2v) is 5.62. The van der Waals surface area contributed by atoms with E-state index in [-0.39, 0.29) is 36.6 Å². The fraction of sp³-hybridized carbons (Fsp3) is 0.588. The summed E-state index contributed by atoms with van der Waals surface area (Å²) in [6, 6.07) is 7.27. The molecule has 0 aliphatic heterocycles. The summed E-state index contributed by atoms with van der Waals surface area (Å²) in [6.07, 6.45) is -4.30. The molecule has 0 radical (unpaired) electrons. The second-order valence-electron chi connectivity index (χ2n) is 5.62. The number of rotatable bonds is 9. The Bertz CT molecular complexity index is 525. The Morgan fingerprint density at radius 2 is 1.81 bits per heavy atom. The number of ether oxygens (including phenoxy) is 2. The van der Waals surface area contributed by atoms with E-state index in [0.717, 1.165) is 12.1 Å². The van der Waals surface area contributed by atoms with E-state index in [1.807, 2.05) is 26.0 Å². The van der Waals surface area contributed by atoms with E-state index in [0.29, 0.717) is 24.7 Å². The predicted octanol–water partition coefficient (Wildman–Crippen LogP) is 3.47. The van der Waals surface area contributed by atoms with Gasteiger partial charge in [-0.05, 0) is 25.0 Å². The summed E-state index contributed by atoms with van der Waals surface area (Å²) in [5.41, 5.74) is 1.65. The maximum atomic E-state index is 12.0. The van der Waals surface area contributed by atoms with Crippen molar-refractivity contribution >= 4 is 29.9 Å². The molecule has 0 bridgehead atoms. The lowest BCUT2D eigenvalue weighted by Gasteiger charge is -2.17. The Hall–Kier alpha value is -1.07. The summed E-state index contributed by atoms with van der Waals surface area (Å²) in [4.78, 5) is 4.49. The Kier molecular flexibility index (Phi) is 12.6. The number of methoxy groups -OCH3 is 1. The first-order valence-electron chi connectivity index (χ1n) is 8.10. The summed E-state index contributed by atoms with van der Waals surface area (Å²) >= 11 is 0. The molecule has 5 nitrogen and oxygen atoms in total. The predicted molar refractivity (Wildman–Crippen MR) is 107 cm³/mol. The number of benzene rings is 1. The molecule has 1 aromatic rings. The van der Waals surface area contributed by atoms with Crippen LogP contribution in [-0.4, -0.2) is 45.0 Å². The van der Waals surface area contributed by atoms with Crippen molar-refractivity contribution in [2.45, 2.75) is 39.2 Å². The molecule has 0 saturated heterocycles. The fourth-order valence-corrected chi connectivity index (χ4v) is 2.04. The van der Waals surface area contributed by atoms with E-state index in [9.17, 15) is 13.2 Å². The maximum absolute atomic E-state index is 12.0. The van der Waals surface area contributed by atoms with E-state index in [4.69, 9.17) is 4.74 Å². The second kappa shape index (κ2) is 13.2. The maximum Gasteiger partial charge on any atom is 0.411 e. The van der Waals surface area contributed by atoms with Crippen LogP contribution in [0.25, 0.3) is 0 Å². The molecule has 9 heteroatoms. The molecule has 1 rings (SSSR count). The lowest BCUT2D eigenvalue weighted by atomic mass is 10.1. The van der Waals surface area contributed by atoms with Gasteiger partial charge in [-0.1, -0.05) is 24.3 Å². The van der Waals surface area contributed by atoms with Crippen molar-refractivity contribution < 1.29 is 22.6 Å². The van der Waals surface area contributed by atoms with Gasteiger partial charge < -0.3 is 20.1 Å². The minimum atomic E-state index is -4.30. The van der Waals surface area contributed by atoms with Crippen molar-refractivity contribution in [3.63, 3.8) is 0 Å². The summed E-state index contributed by atoms with van der Waals surface area (Å²) in [5, 5.41) is 6.38. The van der Waals surface area contributed by atoms with Crippen molar-refractivity contribution in [3.05, 3.63) is 35.4 Å². The summed E-state index contributed by atoms with van der Waals surface area (Å²) in [7, 11) is 1.64. The zero-order valence-corrected chi connectivity index (χ0v) is 17.6. The van der Waals surface area contributed by atoms with Crippen LogP contribution in [-0.2, 0) is 22.6 Å². The number of alkyl halides is 3. The van der Waals surface area contributed by atoms with Crippen LogP contribution in [0.2, 0.25) is 0 Å². The average molecular weight is 489 g/mol. The molecule has 0 saturated carbocycles. The summed E-state index contributed by atoms with van der Waals surface area (Å²) < 4.78 is 45.8. The van der Waals surface area contributed by atoms with Gasteiger partial charge in [0, 0.05) is 19.7 Å². The Morgan fingerprint density at radius 3 is 2.35 bits per heavy atom. The average Bonchev–Trinajstić information content (AvgIpc) is 2.53. The SMILES string of the molecule is CCNC(=NCc1ccc(COCC(F)(F)F)cc1)NC(C)COC.I. The van der Waals surface area contributed by atoms with Gasteiger partial charge in [-0.2, -0.15) is 13.2 Å². The molecule has 150 valence electrons. The molecule has 0 fully saturated rings. The van der Waals surface area contributed by atoms with Crippen molar-refractivity contribution in [3.8, 4) is 0 Å². The van der Waals surface area contributed by atoms with Crippen LogP contribution in [0.1, 0.15) is 25.0 Å². The zero-order chi connectivity index (χ0) is 18.7. The molecule has 0 aromatic heterocycles. The van der Waals surface area contributed by atoms with E-state index >= 15 is 0 Å². The quantitative estimate of drug-likeness (QED) is 0.317. The van der Waals surface area contributed by atoms with Crippen LogP contribution in [0.3, 0.4) is 0 Å². The highest BCUT2D eigenvalue weighted by atomic mass is 127. The third kappa shape index (κ3) is 11.5. The minimum absolute atomic E-state index is 0. The van der Waals surface area contributed by atoms with Gasteiger partial charge in [-0.3, -0.25) is 0 Å². The van der Waals surface area contributed by atoms with Gasteiger partial charge in [0.15, 0.2) is 5.96 Å². The summed E-state index contributed by atoms with van der Waals surface area (Å²) in [5.74, 6) is 0.685. The Morgan fingerprint density at radius 1 is 1.19 bits per heavy atom. The third-order valence-electron chi connectivity index (χ3n) is 3.12. The monoisotopic (exact) mass is 489 g/mol. The van der Waals surface area contributed by atoms with Crippen molar-refractivity contribution in [1.29, 1.82) is 0 Å². The number of aliphatic imine (C=N–C) groups is 1. The molecule has 0 amide bonds. The first-order chi connectivity index (χ1) is 11.8. The van der Waals surface area contributed by atoms with E-state index in [1.165, 1.54) is 0 Å². The third-order valence-corrected chi connectivity index (χ3v) is 3.12. The van der Waals surface area contributed by atoms with Crippen LogP contribution in [0.15, 0.2) is 29.3 Å². The highest BCUT2D eigenvalue weighted by molar-refractivity contribution is 14.0. The number of halogens is 4. The largest absolute Gasteiger partial charge is 0.411 e. The van der Waals surface area contributed by atoms with Crippen molar-refractivity contribution in [2.24, 2.45) is 4.99 Å². The molecule has 0 heterocycles. The lowest BCUT2D eigenvalue weighted by molar-refractivity contribution is -0.176. The Balaban J connectivity index is 0.00000625. The first-order valence-corrected chi connectivity index (χ1v) is 8.10. The van der Waals surface area contributed by atoms with Crippen molar-refractivity contribution in [1.82, 2.24) is 10.6 Å². The number of guanidine groups is 1. The molecular formula is C17H27F3IN3O2. The van der Waals surface area contributed by atoms with Gasteiger partial charge in [0.25, 0.3) is 0 Å². The van der Waals surface area contributed by atoms with E-state index in [1.54, 1.807) is 19.2 Å². The van der Waals surface area contributed by atoms with Gasteiger partial charge >= 0.3 is 6.18 Å². The van der Waals surface area contributed by atoms with Gasteiger partial charge in [0.1, 0.15) is 6.61 Å². The minimum Gasteiger partial charge on any atom is -0.383 e. The molecule has 1 unspecified atom stereocenters. The van der Waals surface area contributed by atoms with Crippen LogP contribution in [0.4, 0.5) is 13.2 Å². The standard InChI is InChI=1S/C17H26F3N3O2.HI/c1-4-21-16(23-13(2)10-24-3)22-9-14-5-7-15(8-6-14)11-25-12-17(18,19)20;/h5-8,13H,4,9-12H2,1-3H3,(H2,21,22,23);1H. The highest BCUT2D eigenvalue weighted by Gasteiger charge is 2.27. The normalized spacial score (nSPS) is 13.1. The fourth-order valence-electron chi connectivity index (χ4n) is 2.04. The topological polar surface area (TPSA) is 54.9 Å². The zero-order valence-electron chi connectivity index (χ0n) is 15.2. The number of nitrogens with zero attached hydrogens (tertiary/aromatic N) is 1. The van der Waals surface area contributed by atoms with E-state index < -0.39 is 12.8 Å². The van der Waals surface area contributed by atoms with Gasteiger partial charge in [0.05, 0.1) is 19.8 Å². The first kappa shape index (κ1) is 24.9. The van der Waals surface area contributed by atoms with Crippen LogP contribution in [0.5, 0.6) is 0 Å². The van der Waals surface area contributed by atoms with Crippen LogP contribution >= 0.6 is 24.0 Å². The molecule has 2 N–H and O–H groups in total. The van der Waals surface area contributed by atoms with Gasteiger partial charge in [0.2, 0.25) is 0 Å². The molecule has 1 aromatic carbocycles. The number of hydrogen-bond acceptors (Lipinski definition) is 3. The Labute approximate surface area is 169 Å². The van der Waals surface area contributed by atoms with E-state index in [2.05, 4.69) is 20.4 Å². The molecule has 0 spiro atoms. The van der Waals surface area contributed by atoms with Crippen LogP contribution < -0.4 is 10.6 Å². The molecule has 26 heavy (non-hydrogen) atoms. The lowest BCUT2D eigenvalue weighted by Crippen LogP contribution is -2.43. The summed E-state index contributed by atoms with van der Waals surface area (Å²) in [6.45, 7) is 4.43. The van der Waals surface area contributed by atoms with Gasteiger partial charge in [-0.25, -0.2) is 4.99 Å². The molecule has 1 atom stereocenters. The van der Waals surface area contributed by atoms with Gasteiger partial charge in [-0.15, -0.1) is 24.0 Å². The molecule has 0 aliphatic rings. The van der Waals surface area contributed by atoms with Crippen molar-refractivity contribution in [2.75, 3.05) is 26.9 Å². The smallest absolute Gasteiger partial charge is 0.383 e. The van der Waals surface area contributed by atoms with Crippen LogP contribution in [0, 0.1) is 0 Å². The molecule has 0 aliphatic carbocycles. The number of hydrogen-bond donors (Lipinski definition) is 2. The number of nitrogens with one attached hydrogen (secondary N) is 2. The highest BCUT2D eigenvalue weighted by Crippen LogP contribution is 2.16. The molecular weight excluding hydrogens is 462 g/mol.